The van der Waals surface area contributed by atoms with Gasteiger partial charge in [0, 0.05) is 0 Å². The van der Waals surface area contributed by atoms with E-state index < -0.39 is 11.6 Å². The fraction of sp³-hybridized carbons (Fsp3) is 0.625. The van der Waals surface area contributed by atoms with Gasteiger partial charge < -0.3 is 10.2 Å². The van der Waals surface area contributed by atoms with Gasteiger partial charge in [0.25, 0.3) is 0 Å². The highest BCUT2D eigenvalue weighted by Gasteiger charge is 2.09. The lowest BCUT2D eigenvalue weighted by Gasteiger charge is -2.26. The van der Waals surface area contributed by atoms with E-state index in [-0.39, 0.29) is 0 Å². The quantitative estimate of drug-likeness (QED) is 0.774. The number of benzene rings is 1. The van der Waals surface area contributed by atoms with Gasteiger partial charge in [-0.05, 0) is 70.0 Å². The molecule has 2 nitrogen and oxygen atoms in total. The maximum atomic E-state index is 13.4. The topological polar surface area (TPSA) is 15.3 Å². The first-order chi connectivity index (χ1) is 9.77. The molecule has 0 aliphatic carbocycles. The number of hydrogen-bond donors (Lipinski definition) is 1. The summed E-state index contributed by atoms with van der Waals surface area (Å²) in [5.41, 5.74) is 0.452. The van der Waals surface area contributed by atoms with Gasteiger partial charge in [-0.3, -0.25) is 0 Å². The van der Waals surface area contributed by atoms with Crippen molar-refractivity contribution in [3.63, 3.8) is 0 Å². The number of nitrogens with one attached hydrogen (secondary N) is 1. The molecule has 1 aliphatic rings. The smallest absolute Gasteiger partial charge is 0.162 e. The van der Waals surface area contributed by atoms with Gasteiger partial charge in [-0.15, -0.1) is 0 Å². The number of rotatable bonds is 7. The second-order valence-corrected chi connectivity index (χ2v) is 5.47. The van der Waals surface area contributed by atoms with Gasteiger partial charge in [-0.2, -0.15) is 0 Å². The third kappa shape index (κ3) is 4.84. The summed E-state index contributed by atoms with van der Waals surface area (Å²) in [5, 5.41) is 3.30. The fourth-order valence-corrected chi connectivity index (χ4v) is 2.70. The summed E-state index contributed by atoms with van der Waals surface area (Å²) in [5.74, 6) is -1.46. The molecule has 0 unspecified atom stereocenters. The summed E-state index contributed by atoms with van der Waals surface area (Å²) in [6.45, 7) is 5.23. The van der Waals surface area contributed by atoms with E-state index in [1.165, 1.54) is 32.4 Å². The molecule has 112 valence electrons. The first kappa shape index (κ1) is 15.4. The lowest BCUT2D eigenvalue weighted by Crippen LogP contribution is -2.32. The fourth-order valence-electron chi connectivity index (χ4n) is 2.70. The summed E-state index contributed by atoms with van der Waals surface area (Å²) >= 11 is 0. The average Bonchev–Trinajstić information content (AvgIpc) is 2.48. The van der Waals surface area contributed by atoms with Crippen molar-refractivity contribution in [2.45, 2.75) is 32.1 Å². The highest BCUT2D eigenvalue weighted by Crippen LogP contribution is 2.11. The molecule has 20 heavy (non-hydrogen) atoms. The molecule has 1 fully saturated rings. The Balaban J connectivity index is 1.56. The van der Waals surface area contributed by atoms with Crippen LogP contribution in [0.15, 0.2) is 18.2 Å². The van der Waals surface area contributed by atoms with Crippen LogP contribution in [0.25, 0.3) is 0 Å². The van der Waals surface area contributed by atoms with Crippen LogP contribution in [-0.2, 0) is 6.42 Å². The number of halogens is 2. The van der Waals surface area contributed by atoms with Crippen LogP contribution in [0.3, 0.4) is 0 Å². The first-order valence-corrected chi connectivity index (χ1v) is 7.63. The van der Waals surface area contributed by atoms with Crippen molar-refractivity contribution in [2.24, 2.45) is 0 Å². The van der Waals surface area contributed by atoms with Crippen LogP contribution in [-0.4, -0.2) is 37.6 Å². The van der Waals surface area contributed by atoms with Gasteiger partial charge in [-0.25, -0.2) is 8.78 Å². The predicted molar refractivity (Wildman–Crippen MR) is 77.8 cm³/mol. The van der Waals surface area contributed by atoms with Gasteiger partial charge in [0.15, 0.2) is 11.6 Å². The molecule has 2 rings (SSSR count). The normalized spacial score (nSPS) is 16.5. The lowest BCUT2D eigenvalue weighted by atomic mass is 10.1. The van der Waals surface area contributed by atoms with Crippen LogP contribution in [0.1, 0.15) is 31.2 Å². The maximum absolute atomic E-state index is 13.4. The molecule has 0 radical (unpaired) electrons. The van der Waals surface area contributed by atoms with Gasteiger partial charge >= 0.3 is 0 Å². The van der Waals surface area contributed by atoms with Crippen molar-refractivity contribution >= 4 is 0 Å². The molecule has 0 spiro atoms. The standard InChI is InChI=1S/C16H24F2N2/c17-15-7-4-6-14(16(15)18)8-10-19-9-5-13-20-11-2-1-3-12-20/h4,6-7,19H,1-3,5,8-13H2. The molecule has 1 aromatic rings. The molecule has 0 amide bonds. The lowest BCUT2D eigenvalue weighted by molar-refractivity contribution is 0.226. The predicted octanol–water partition coefficient (Wildman–Crippen LogP) is 2.97. The maximum Gasteiger partial charge on any atom is 0.162 e. The van der Waals surface area contributed by atoms with E-state index in [1.54, 1.807) is 12.1 Å². The molecule has 1 aromatic carbocycles. The van der Waals surface area contributed by atoms with Crippen LogP contribution in [0.2, 0.25) is 0 Å². The summed E-state index contributed by atoms with van der Waals surface area (Å²) in [4.78, 5) is 2.51. The minimum absolute atomic E-state index is 0.452. The molecule has 0 saturated carbocycles. The first-order valence-electron chi connectivity index (χ1n) is 7.63. The van der Waals surface area contributed by atoms with Crippen LogP contribution in [0.5, 0.6) is 0 Å². The average molecular weight is 282 g/mol. The van der Waals surface area contributed by atoms with E-state index in [0.717, 1.165) is 25.6 Å². The molecule has 1 saturated heterocycles. The molecule has 0 atom stereocenters. The zero-order valence-corrected chi connectivity index (χ0v) is 12.0. The Hall–Kier alpha value is -1.00. The van der Waals surface area contributed by atoms with Gasteiger partial charge in [0.2, 0.25) is 0 Å². The molecular weight excluding hydrogens is 258 g/mol. The zero-order valence-electron chi connectivity index (χ0n) is 12.0. The van der Waals surface area contributed by atoms with Crippen molar-refractivity contribution in [3.05, 3.63) is 35.4 Å². The van der Waals surface area contributed by atoms with Crippen LogP contribution in [0.4, 0.5) is 8.78 Å². The molecule has 4 heteroatoms. The highest BCUT2D eigenvalue weighted by molar-refractivity contribution is 5.19. The zero-order chi connectivity index (χ0) is 14.2. The minimum atomic E-state index is -0.757. The number of nitrogens with zero attached hydrogens (tertiary/aromatic N) is 1. The highest BCUT2D eigenvalue weighted by atomic mass is 19.2. The number of likely N-dealkylation sites (tertiary alicyclic amines) is 1. The number of hydrogen-bond acceptors (Lipinski definition) is 2. The minimum Gasteiger partial charge on any atom is -0.316 e. The molecule has 0 bridgehead atoms. The second-order valence-electron chi connectivity index (χ2n) is 5.47. The van der Waals surface area contributed by atoms with Gasteiger partial charge in [-0.1, -0.05) is 18.6 Å². The van der Waals surface area contributed by atoms with Crippen molar-refractivity contribution in [3.8, 4) is 0 Å². The summed E-state index contributed by atoms with van der Waals surface area (Å²) in [6, 6.07) is 4.36. The molecule has 1 heterocycles. The Kier molecular flexibility index (Phi) is 6.40. The van der Waals surface area contributed by atoms with Crippen molar-refractivity contribution in [2.75, 3.05) is 32.7 Å². The van der Waals surface area contributed by atoms with E-state index in [4.69, 9.17) is 0 Å². The van der Waals surface area contributed by atoms with Crippen LogP contribution in [0, 0.1) is 11.6 Å². The Morgan fingerprint density at radius 3 is 2.65 bits per heavy atom. The van der Waals surface area contributed by atoms with Crippen molar-refractivity contribution < 1.29 is 8.78 Å². The summed E-state index contributed by atoms with van der Waals surface area (Å²) in [6.07, 6.45) is 5.67. The summed E-state index contributed by atoms with van der Waals surface area (Å²) < 4.78 is 26.4. The second kappa shape index (κ2) is 8.32. The third-order valence-corrected chi connectivity index (χ3v) is 3.88. The Morgan fingerprint density at radius 2 is 1.85 bits per heavy atom. The molecule has 1 N–H and O–H groups in total. The van der Waals surface area contributed by atoms with Crippen molar-refractivity contribution in [1.82, 2.24) is 10.2 Å². The van der Waals surface area contributed by atoms with E-state index >= 15 is 0 Å². The molecule has 0 aromatic heterocycles. The largest absolute Gasteiger partial charge is 0.316 e. The Bertz CT molecular complexity index is 403. The van der Waals surface area contributed by atoms with Crippen LogP contribution < -0.4 is 5.32 Å². The van der Waals surface area contributed by atoms with E-state index in [0.29, 0.717) is 18.5 Å². The van der Waals surface area contributed by atoms with Gasteiger partial charge in [0.1, 0.15) is 0 Å². The van der Waals surface area contributed by atoms with E-state index in [9.17, 15) is 8.78 Å². The van der Waals surface area contributed by atoms with Crippen molar-refractivity contribution in [1.29, 1.82) is 0 Å². The Labute approximate surface area is 120 Å². The third-order valence-electron chi connectivity index (χ3n) is 3.88. The van der Waals surface area contributed by atoms with E-state index in [2.05, 4.69) is 10.2 Å². The van der Waals surface area contributed by atoms with Crippen LogP contribution >= 0.6 is 0 Å². The SMILES string of the molecule is Fc1cccc(CCNCCCN2CCCCC2)c1F. The molecule has 1 aliphatic heterocycles. The van der Waals surface area contributed by atoms with E-state index in [1.807, 2.05) is 0 Å². The Morgan fingerprint density at radius 1 is 1.05 bits per heavy atom. The molecular formula is C16H24F2N2. The summed E-state index contributed by atoms with van der Waals surface area (Å²) in [7, 11) is 0. The monoisotopic (exact) mass is 282 g/mol. The number of piperidine rings is 1. The van der Waals surface area contributed by atoms with Gasteiger partial charge in [0.05, 0.1) is 0 Å².